The Morgan fingerprint density at radius 3 is 2.14 bits per heavy atom. The van der Waals surface area contributed by atoms with Crippen LogP contribution in [-0.2, 0) is 0 Å². The highest BCUT2D eigenvalue weighted by Gasteiger charge is 2.22. The molecule has 0 aliphatic heterocycles. The average Bonchev–Trinajstić information content (AvgIpc) is 2.07. The Balaban J connectivity index is 3.03. The summed E-state index contributed by atoms with van der Waals surface area (Å²) in [6.45, 7) is 6.44. The van der Waals surface area contributed by atoms with Crippen LogP contribution in [0.5, 0.6) is 0 Å². The van der Waals surface area contributed by atoms with Crippen molar-refractivity contribution < 1.29 is 0 Å². The van der Waals surface area contributed by atoms with E-state index >= 15 is 0 Å². The van der Waals surface area contributed by atoms with Crippen LogP contribution < -0.4 is 5.73 Å². The predicted octanol–water partition coefficient (Wildman–Crippen LogP) is 4.26. The molecule has 78 valence electrons. The maximum absolute atomic E-state index is 6.15. The lowest BCUT2D eigenvalue weighted by Gasteiger charge is -2.27. The molecule has 0 saturated heterocycles. The van der Waals surface area contributed by atoms with Crippen LogP contribution in [0.15, 0.2) is 27.1 Å². The van der Waals surface area contributed by atoms with Gasteiger partial charge >= 0.3 is 0 Å². The Morgan fingerprint density at radius 1 is 1.14 bits per heavy atom. The first-order valence-corrected chi connectivity index (χ1v) is 6.11. The van der Waals surface area contributed by atoms with Crippen LogP contribution in [0.1, 0.15) is 32.4 Å². The van der Waals surface area contributed by atoms with Gasteiger partial charge in [-0.25, -0.2) is 0 Å². The number of hydrogen-bond donors (Lipinski definition) is 1. The molecular weight excluding hydrogens is 306 g/mol. The van der Waals surface area contributed by atoms with E-state index in [-0.39, 0.29) is 11.5 Å². The van der Waals surface area contributed by atoms with Gasteiger partial charge in [0.2, 0.25) is 0 Å². The summed E-state index contributed by atoms with van der Waals surface area (Å²) in [4.78, 5) is 0. The fourth-order valence-corrected chi connectivity index (χ4v) is 1.85. The maximum Gasteiger partial charge on any atom is 0.0344 e. The van der Waals surface area contributed by atoms with Crippen LogP contribution in [0.4, 0.5) is 0 Å². The van der Waals surface area contributed by atoms with E-state index in [1.807, 2.05) is 6.07 Å². The molecule has 0 saturated carbocycles. The highest BCUT2D eigenvalue weighted by Crippen LogP contribution is 2.33. The molecule has 3 heteroatoms. The summed E-state index contributed by atoms with van der Waals surface area (Å²) in [6, 6.07) is 6.21. The highest BCUT2D eigenvalue weighted by molar-refractivity contribution is 9.13. The second kappa shape index (κ2) is 4.33. The molecule has 0 heterocycles. The fourth-order valence-electron chi connectivity index (χ4n) is 1.21. The van der Waals surface area contributed by atoms with Gasteiger partial charge in [0.05, 0.1) is 0 Å². The Labute approximate surface area is 102 Å². The standard InChI is InChI=1S/C11H15Br2N/c1-11(2,3)10(14)7-4-5-8(12)9(13)6-7/h4-6,10H,14H2,1-3H3/t10-/m0/s1. The monoisotopic (exact) mass is 319 g/mol. The molecule has 0 bridgehead atoms. The molecule has 1 atom stereocenters. The third-order valence-corrected chi connectivity index (χ3v) is 4.12. The molecule has 1 aromatic rings. The van der Waals surface area contributed by atoms with Crippen LogP contribution in [-0.4, -0.2) is 0 Å². The van der Waals surface area contributed by atoms with Crippen molar-refractivity contribution in [1.29, 1.82) is 0 Å². The minimum atomic E-state index is 0.0619. The van der Waals surface area contributed by atoms with Gasteiger partial charge in [-0.2, -0.15) is 0 Å². The minimum Gasteiger partial charge on any atom is -0.324 e. The molecule has 0 aliphatic carbocycles. The van der Waals surface area contributed by atoms with Crippen LogP contribution in [0.2, 0.25) is 0 Å². The van der Waals surface area contributed by atoms with Crippen molar-refractivity contribution in [2.45, 2.75) is 26.8 Å². The van der Waals surface area contributed by atoms with Gasteiger partial charge in [-0.1, -0.05) is 26.8 Å². The topological polar surface area (TPSA) is 26.0 Å². The van der Waals surface area contributed by atoms with Gasteiger partial charge in [-0.05, 0) is 55.0 Å². The number of nitrogens with two attached hydrogens (primary N) is 1. The van der Waals surface area contributed by atoms with Gasteiger partial charge in [0.1, 0.15) is 0 Å². The molecule has 1 rings (SSSR count). The summed E-state index contributed by atoms with van der Waals surface area (Å²) in [5.41, 5.74) is 7.41. The normalized spacial score (nSPS) is 14.1. The van der Waals surface area contributed by atoms with E-state index in [2.05, 4.69) is 64.8 Å². The van der Waals surface area contributed by atoms with E-state index in [1.165, 1.54) is 0 Å². The summed E-state index contributed by atoms with van der Waals surface area (Å²) < 4.78 is 2.11. The molecule has 0 fully saturated rings. The molecule has 0 aromatic heterocycles. The number of rotatable bonds is 1. The highest BCUT2D eigenvalue weighted by atomic mass is 79.9. The molecule has 0 radical (unpaired) electrons. The Hall–Kier alpha value is 0.140. The second-order valence-electron chi connectivity index (χ2n) is 4.52. The summed E-state index contributed by atoms with van der Waals surface area (Å²) >= 11 is 6.92. The fraction of sp³-hybridized carbons (Fsp3) is 0.455. The van der Waals surface area contributed by atoms with E-state index in [4.69, 9.17) is 5.73 Å². The SMILES string of the molecule is CC(C)(C)[C@@H](N)c1ccc(Br)c(Br)c1. The molecular formula is C11H15Br2N. The zero-order valence-electron chi connectivity index (χ0n) is 8.64. The molecule has 0 unspecified atom stereocenters. The largest absolute Gasteiger partial charge is 0.324 e. The second-order valence-corrected chi connectivity index (χ2v) is 6.23. The molecule has 0 aliphatic rings. The predicted molar refractivity (Wildman–Crippen MR) is 68.2 cm³/mol. The van der Waals surface area contributed by atoms with Gasteiger partial charge in [-0.15, -0.1) is 0 Å². The van der Waals surface area contributed by atoms with Crippen molar-refractivity contribution in [1.82, 2.24) is 0 Å². The van der Waals surface area contributed by atoms with Gasteiger partial charge < -0.3 is 5.73 Å². The van der Waals surface area contributed by atoms with Crippen LogP contribution in [0, 0.1) is 5.41 Å². The van der Waals surface area contributed by atoms with E-state index in [9.17, 15) is 0 Å². The molecule has 2 N–H and O–H groups in total. The zero-order valence-corrected chi connectivity index (χ0v) is 11.8. The smallest absolute Gasteiger partial charge is 0.0344 e. The lowest BCUT2D eigenvalue weighted by molar-refractivity contribution is 0.327. The first-order valence-electron chi connectivity index (χ1n) is 4.53. The van der Waals surface area contributed by atoms with Gasteiger partial charge in [-0.3, -0.25) is 0 Å². The van der Waals surface area contributed by atoms with Crippen molar-refractivity contribution in [3.8, 4) is 0 Å². The molecule has 0 amide bonds. The van der Waals surface area contributed by atoms with Crippen molar-refractivity contribution in [2.24, 2.45) is 11.1 Å². The average molecular weight is 321 g/mol. The minimum absolute atomic E-state index is 0.0619. The Bertz CT molecular complexity index is 329. The lowest BCUT2D eigenvalue weighted by Crippen LogP contribution is -2.26. The van der Waals surface area contributed by atoms with Crippen molar-refractivity contribution in [2.75, 3.05) is 0 Å². The van der Waals surface area contributed by atoms with Crippen LogP contribution in [0.3, 0.4) is 0 Å². The van der Waals surface area contributed by atoms with E-state index < -0.39 is 0 Å². The van der Waals surface area contributed by atoms with Crippen molar-refractivity contribution in [3.05, 3.63) is 32.7 Å². The van der Waals surface area contributed by atoms with Crippen LogP contribution >= 0.6 is 31.9 Å². The first-order chi connectivity index (χ1) is 6.32. The summed E-state index contributed by atoms with van der Waals surface area (Å²) in [5, 5.41) is 0. The number of benzene rings is 1. The van der Waals surface area contributed by atoms with Gasteiger partial charge in [0, 0.05) is 15.0 Å². The Morgan fingerprint density at radius 2 is 1.71 bits per heavy atom. The third-order valence-electron chi connectivity index (χ3n) is 2.24. The maximum atomic E-state index is 6.15. The van der Waals surface area contributed by atoms with E-state index in [0.717, 1.165) is 14.5 Å². The quantitative estimate of drug-likeness (QED) is 0.822. The molecule has 1 aromatic carbocycles. The van der Waals surface area contributed by atoms with Crippen LogP contribution in [0.25, 0.3) is 0 Å². The van der Waals surface area contributed by atoms with Gasteiger partial charge in [0.25, 0.3) is 0 Å². The first kappa shape index (κ1) is 12.2. The number of halogens is 2. The summed E-state index contributed by atoms with van der Waals surface area (Å²) in [7, 11) is 0. The van der Waals surface area contributed by atoms with Gasteiger partial charge in [0.15, 0.2) is 0 Å². The third kappa shape index (κ3) is 2.81. The summed E-state index contributed by atoms with van der Waals surface area (Å²) in [6.07, 6.45) is 0. The van der Waals surface area contributed by atoms with E-state index in [0.29, 0.717) is 0 Å². The molecule has 14 heavy (non-hydrogen) atoms. The zero-order chi connectivity index (χ0) is 10.9. The lowest BCUT2D eigenvalue weighted by atomic mass is 9.83. The van der Waals surface area contributed by atoms with Crippen molar-refractivity contribution >= 4 is 31.9 Å². The van der Waals surface area contributed by atoms with E-state index in [1.54, 1.807) is 0 Å². The molecule has 1 nitrogen and oxygen atoms in total. The molecule has 0 spiro atoms. The number of hydrogen-bond acceptors (Lipinski definition) is 1. The Kier molecular flexibility index (Phi) is 3.78. The van der Waals surface area contributed by atoms with Crippen molar-refractivity contribution in [3.63, 3.8) is 0 Å². The summed E-state index contributed by atoms with van der Waals surface area (Å²) in [5.74, 6) is 0.